The average molecular weight is 374 g/mol. The van der Waals surface area contributed by atoms with Gasteiger partial charge in [0.15, 0.2) is 9.84 Å². The molecule has 26 heavy (non-hydrogen) atoms. The highest BCUT2D eigenvalue weighted by Gasteiger charge is 2.13. The summed E-state index contributed by atoms with van der Waals surface area (Å²) in [5.41, 5.74) is 0.846. The van der Waals surface area contributed by atoms with E-state index in [1.165, 1.54) is 12.6 Å². The molecule has 3 aromatic rings. The minimum atomic E-state index is -3.22. The van der Waals surface area contributed by atoms with E-state index in [2.05, 4.69) is 46.5 Å². The molecule has 2 heterocycles. The SMILES string of the molecule is CC(C)(C)CNc1cc(Nc2ccc(S(C)(=O)=O)cc2)n2ncnc2n1. The summed E-state index contributed by atoms with van der Waals surface area (Å²) in [6, 6.07) is 8.40. The lowest BCUT2D eigenvalue weighted by molar-refractivity contribution is 0.442. The maximum atomic E-state index is 11.6. The zero-order valence-corrected chi connectivity index (χ0v) is 16.0. The Morgan fingerprint density at radius 2 is 1.85 bits per heavy atom. The van der Waals surface area contributed by atoms with Gasteiger partial charge >= 0.3 is 0 Å². The quantitative estimate of drug-likeness (QED) is 0.708. The number of benzene rings is 1. The molecule has 1 aromatic carbocycles. The molecular formula is C17H22N6O2S. The van der Waals surface area contributed by atoms with Crippen LogP contribution in [0.3, 0.4) is 0 Å². The van der Waals surface area contributed by atoms with Crippen LogP contribution in [0, 0.1) is 5.41 Å². The van der Waals surface area contributed by atoms with Crippen molar-refractivity contribution in [2.45, 2.75) is 25.7 Å². The fourth-order valence-electron chi connectivity index (χ4n) is 2.28. The fourth-order valence-corrected chi connectivity index (χ4v) is 2.91. The van der Waals surface area contributed by atoms with Crippen molar-refractivity contribution in [2.75, 3.05) is 23.4 Å². The molecule has 0 aliphatic rings. The Morgan fingerprint density at radius 1 is 1.15 bits per heavy atom. The molecule has 9 heteroatoms. The molecule has 138 valence electrons. The maximum absolute atomic E-state index is 11.6. The third kappa shape index (κ3) is 4.29. The normalized spacial score (nSPS) is 12.3. The summed E-state index contributed by atoms with van der Waals surface area (Å²) in [7, 11) is -3.22. The number of nitrogens with one attached hydrogen (secondary N) is 2. The second-order valence-corrected chi connectivity index (χ2v) is 9.35. The summed E-state index contributed by atoms with van der Waals surface area (Å²) in [5, 5.41) is 10.7. The van der Waals surface area contributed by atoms with Gasteiger partial charge in [-0.1, -0.05) is 20.8 Å². The predicted octanol–water partition coefficient (Wildman–Crippen LogP) is 2.73. The van der Waals surface area contributed by atoms with Crippen LogP contribution in [0.1, 0.15) is 20.8 Å². The number of fused-ring (bicyclic) bond motifs is 1. The van der Waals surface area contributed by atoms with Crippen molar-refractivity contribution in [3.63, 3.8) is 0 Å². The highest BCUT2D eigenvalue weighted by Crippen LogP contribution is 2.22. The maximum Gasteiger partial charge on any atom is 0.256 e. The molecular weight excluding hydrogens is 352 g/mol. The number of hydrogen-bond acceptors (Lipinski definition) is 7. The van der Waals surface area contributed by atoms with Gasteiger partial charge < -0.3 is 10.6 Å². The van der Waals surface area contributed by atoms with Crippen LogP contribution in [0.5, 0.6) is 0 Å². The molecule has 0 aliphatic heterocycles. The Kier molecular flexibility index (Phi) is 4.57. The minimum absolute atomic E-state index is 0.108. The Bertz CT molecular complexity index is 1020. The van der Waals surface area contributed by atoms with Gasteiger partial charge in [-0.15, -0.1) is 0 Å². The van der Waals surface area contributed by atoms with Crippen LogP contribution in [0.25, 0.3) is 5.78 Å². The van der Waals surface area contributed by atoms with Gasteiger partial charge in [-0.25, -0.2) is 8.42 Å². The highest BCUT2D eigenvalue weighted by atomic mass is 32.2. The number of nitrogens with zero attached hydrogens (tertiary/aromatic N) is 4. The lowest BCUT2D eigenvalue weighted by Gasteiger charge is -2.19. The topological polar surface area (TPSA) is 101 Å². The van der Waals surface area contributed by atoms with E-state index in [0.717, 1.165) is 12.2 Å². The van der Waals surface area contributed by atoms with Gasteiger partial charge in [-0.2, -0.15) is 19.6 Å². The van der Waals surface area contributed by atoms with Crippen molar-refractivity contribution in [1.82, 2.24) is 19.6 Å². The molecule has 8 nitrogen and oxygen atoms in total. The monoisotopic (exact) mass is 374 g/mol. The molecule has 0 unspecified atom stereocenters. The standard InChI is InChI=1S/C17H22N6O2S/c1-17(2,3)10-18-14-9-15(23-16(22-14)19-11-20-23)21-12-5-7-13(8-6-12)26(4,24)25/h5-9,11,21H,10H2,1-4H3,(H,18,19,20,22). The Morgan fingerprint density at radius 3 is 2.46 bits per heavy atom. The number of aromatic nitrogens is 4. The van der Waals surface area contributed by atoms with Crippen LogP contribution in [-0.4, -0.2) is 40.8 Å². The van der Waals surface area contributed by atoms with Gasteiger partial charge in [-0.05, 0) is 29.7 Å². The summed E-state index contributed by atoms with van der Waals surface area (Å²) in [6.45, 7) is 7.17. The number of hydrogen-bond donors (Lipinski definition) is 2. The zero-order chi connectivity index (χ0) is 18.9. The lowest BCUT2D eigenvalue weighted by atomic mass is 9.97. The van der Waals surface area contributed by atoms with Gasteiger partial charge in [0, 0.05) is 24.6 Å². The van der Waals surface area contributed by atoms with E-state index in [0.29, 0.717) is 17.4 Å². The summed E-state index contributed by atoms with van der Waals surface area (Å²) < 4.78 is 24.8. The first kappa shape index (κ1) is 18.1. The molecule has 0 amide bonds. The molecule has 0 aliphatic carbocycles. The second kappa shape index (κ2) is 6.56. The highest BCUT2D eigenvalue weighted by molar-refractivity contribution is 7.90. The van der Waals surface area contributed by atoms with E-state index in [-0.39, 0.29) is 10.3 Å². The van der Waals surface area contributed by atoms with Gasteiger partial charge in [-0.3, -0.25) is 0 Å². The molecule has 2 aromatic heterocycles. The summed E-state index contributed by atoms with van der Waals surface area (Å²) >= 11 is 0. The van der Waals surface area contributed by atoms with Crippen LogP contribution in [0.4, 0.5) is 17.3 Å². The molecule has 0 saturated carbocycles. The Labute approximate surface area is 152 Å². The van der Waals surface area contributed by atoms with Gasteiger partial charge in [0.2, 0.25) is 0 Å². The summed E-state index contributed by atoms with van der Waals surface area (Å²) in [6.07, 6.45) is 2.62. The van der Waals surface area contributed by atoms with E-state index >= 15 is 0 Å². The van der Waals surface area contributed by atoms with Crippen LogP contribution in [0.2, 0.25) is 0 Å². The third-order valence-electron chi connectivity index (χ3n) is 3.61. The molecule has 0 bridgehead atoms. The summed E-state index contributed by atoms with van der Waals surface area (Å²) in [4.78, 5) is 8.87. The average Bonchev–Trinajstić information content (AvgIpc) is 3.01. The molecule has 0 spiro atoms. The fraction of sp³-hybridized carbons (Fsp3) is 0.353. The van der Waals surface area contributed by atoms with E-state index < -0.39 is 9.84 Å². The Balaban J connectivity index is 1.90. The minimum Gasteiger partial charge on any atom is -0.369 e. The van der Waals surface area contributed by atoms with Crippen molar-refractivity contribution in [1.29, 1.82) is 0 Å². The number of anilines is 3. The number of rotatable bonds is 5. The van der Waals surface area contributed by atoms with Crippen molar-refractivity contribution < 1.29 is 8.42 Å². The van der Waals surface area contributed by atoms with Crippen molar-refractivity contribution >= 4 is 32.9 Å². The smallest absolute Gasteiger partial charge is 0.256 e. The van der Waals surface area contributed by atoms with Crippen LogP contribution >= 0.6 is 0 Å². The van der Waals surface area contributed by atoms with Crippen LogP contribution in [0.15, 0.2) is 41.6 Å². The molecule has 2 N–H and O–H groups in total. The first-order valence-corrected chi connectivity index (χ1v) is 10.0. The molecule has 3 rings (SSSR count). The van der Waals surface area contributed by atoms with E-state index in [4.69, 9.17) is 0 Å². The predicted molar refractivity (Wildman–Crippen MR) is 102 cm³/mol. The van der Waals surface area contributed by atoms with E-state index in [1.54, 1.807) is 28.8 Å². The first-order chi connectivity index (χ1) is 12.1. The van der Waals surface area contributed by atoms with Gasteiger partial charge in [0.05, 0.1) is 4.90 Å². The zero-order valence-electron chi connectivity index (χ0n) is 15.2. The summed E-state index contributed by atoms with van der Waals surface area (Å²) in [5.74, 6) is 1.84. The lowest BCUT2D eigenvalue weighted by Crippen LogP contribution is -2.20. The first-order valence-electron chi connectivity index (χ1n) is 8.14. The van der Waals surface area contributed by atoms with Crippen molar-refractivity contribution in [2.24, 2.45) is 5.41 Å². The van der Waals surface area contributed by atoms with Crippen LogP contribution < -0.4 is 10.6 Å². The van der Waals surface area contributed by atoms with E-state index in [1.807, 2.05) is 6.07 Å². The third-order valence-corrected chi connectivity index (χ3v) is 4.74. The van der Waals surface area contributed by atoms with Gasteiger partial charge in [0.25, 0.3) is 5.78 Å². The molecule has 0 radical (unpaired) electrons. The van der Waals surface area contributed by atoms with Crippen LogP contribution in [-0.2, 0) is 9.84 Å². The molecule has 0 atom stereocenters. The Hall–Kier alpha value is -2.68. The van der Waals surface area contributed by atoms with Crippen molar-refractivity contribution in [3.05, 3.63) is 36.7 Å². The largest absolute Gasteiger partial charge is 0.369 e. The van der Waals surface area contributed by atoms with E-state index in [9.17, 15) is 8.42 Å². The van der Waals surface area contributed by atoms with Crippen molar-refractivity contribution in [3.8, 4) is 0 Å². The molecule has 0 saturated heterocycles. The second-order valence-electron chi connectivity index (χ2n) is 7.33. The van der Waals surface area contributed by atoms with Gasteiger partial charge in [0.1, 0.15) is 18.0 Å². The number of sulfone groups is 1. The molecule has 0 fully saturated rings.